The lowest BCUT2D eigenvalue weighted by atomic mass is 10.3. The Morgan fingerprint density at radius 2 is 1.86 bits per heavy atom. The third-order valence-electron chi connectivity index (χ3n) is 2.63. The fraction of sp³-hybridized carbons (Fsp3) is 0.167. The molecule has 5 nitrogen and oxygen atoms in total. The van der Waals surface area contributed by atoms with Crippen molar-refractivity contribution in [1.29, 1.82) is 0 Å². The molecule has 0 aliphatic carbocycles. The number of sulfonamides is 1. The summed E-state index contributed by atoms with van der Waals surface area (Å²) in [5, 5.41) is 0. The molecule has 112 valence electrons. The van der Waals surface area contributed by atoms with Crippen molar-refractivity contribution in [3.05, 3.63) is 51.2 Å². The van der Waals surface area contributed by atoms with Crippen LogP contribution in [0.2, 0.25) is 0 Å². The lowest BCUT2D eigenvalue weighted by Gasteiger charge is -2.18. The van der Waals surface area contributed by atoms with Crippen LogP contribution in [0.3, 0.4) is 0 Å². The number of rotatable bonds is 4. The highest BCUT2D eigenvalue weighted by Crippen LogP contribution is 2.33. The average Bonchev–Trinajstić information content (AvgIpc) is 2.38. The maximum Gasteiger partial charge on any atom is 0.245 e. The van der Waals surface area contributed by atoms with E-state index in [1.165, 1.54) is 25.6 Å². The highest BCUT2D eigenvalue weighted by Gasteiger charge is 2.27. The minimum Gasteiger partial charge on any atom is -0.261 e. The Morgan fingerprint density at radius 3 is 2.38 bits per heavy atom. The highest BCUT2D eigenvalue weighted by atomic mass is 79.9. The van der Waals surface area contributed by atoms with Gasteiger partial charge in [0.15, 0.2) is 0 Å². The third-order valence-corrected chi connectivity index (χ3v) is 6.31. The molecule has 1 aromatic heterocycles. The first kappa shape index (κ1) is 16.5. The molecule has 0 atom stereocenters. The molecule has 0 N–H and O–H groups in total. The lowest BCUT2D eigenvalue weighted by Crippen LogP contribution is -2.27. The number of aromatic nitrogens is 2. The van der Waals surface area contributed by atoms with Gasteiger partial charge in [-0.25, -0.2) is 12.8 Å². The van der Waals surface area contributed by atoms with Crippen molar-refractivity contribution in [3.63, 3.8) is 0 Å². The molecule has 0 aliphatic rings. The average molecular weight is 439 g/mol. The number of benzene rings is 1. The topological polar surface area (TPSA) is 63.2 Å². The van der Waals surface area contributed by atoms with Crippen molar-refractivity contribution in [2.75, 3.05) is 7.05 Å². The first-order valence-corrected chi connectivity index (χ1v) is 8.70. The zero-order valence-electron chi connectivity index (χ0n) is 10.8. The Hall–Kier alpha value is -0.900. The van der Waals surface area contributed by atoms with Crippen LogP contribution in [-0.2, 0) is 16.6 Å². The summed E-state index contributed by atoms with van der Waals surface area (Å²) in [4.78, 5) is 7.89. The van der Waals surface area contributed by atoms with E-state index in [1.807, 2.05) is 0 Å². The predicted molar refractivity (Wildman–Crippen MR) is 82.5 cm³/mol. The van der Waals surface area contributed by atoms with E-state index in [-0.39, 0.29) is 20.4 Å². The molecular weight excluding hydrogens is 429 g/mol. The Bertz CT molecular complexity index is 733. The number of hydrogen-bond donors (Lipinski definition) is 0. The molecule has 21 heavy (non-hydrogen) atoms. The van der Waals surface area contributed by atoms with Gasteiger partial charge in [-0.3, -0.25) is 9.97 Å². The van der Waals surface area contributed by atoms with E-state index >= 15 is 0 Å². The van der Waals surface area contributed by atoms with Gasteiger partial charge in [0.1, 0.15) is 10.7 Å². The largest absolute Gasteiger partial charge is 0.261 e. The van der Waals surface area contributed by atoms with Crippen LogP contribution in [0.1, 0.15) is 5.69 Å². The van der Waals surface area contributed by atoms with Crippen molar-refractivity contribution < 1.29 is 12.8 Å². The van der Waals surface area contributed by atoms with E-state index in [4.69, 9.17) is 0 Å². The number of halogens is 3. The first-order valence-electron chi connectivity index (χ1n) is 5.68. The molecule has 1 aromatic carbocycles. The van der Waals surface area contributed by atoms with Gasteiger partial charge in [-0.1, -0.05) is 0 Å². The molecule has 0 saturated heterocycles. The van der Waals surface area contributed by atoms with Gasteiger partial charge in [0, 0.05) is 34.6 Å². The van der Waals surface area contributed by atoms with Gasteiger partial charge in [0.25, 0.3) is 0 Å². The summed E-state index contributed by atoms with van der Waals surface area (Å²) in [6.07, 6.45) is 4.48. The summed E-state index contributed by atoms with van der Waals surface area (Å²) in [7, 11) is -2.39. The zero-order chi connectivity index (χ0) is 15.6. The Balaban J connectivity index is 2.38. The van der Waals surface area contributed by atoms with Gasteiger partial charge in [-0.2, -0.15) is 4.31 Å². The van der Waals surface area contributed by atoms with Crippen molar-refractivity contribution in [2.45, 2.75) is 11.4 Å². The molecule has 2 aromatic rings. The molecule has 1 heterocycles. The summed E-state index contributed by atoms with van der Waals surface area (Å²) >= 11 is 6.17. The summed E-state index contributed by atoms with van der Waals surface area (Å²) in [5.41, 5.74) is 0.512. The normalized spacial score (nSPS) is 11.9. The van der Waals surface area contributed by atoms with Crippen molar-refractivity contribution in [2.24, 2.45) is 0 Å². The molecule has 9 heteroatoms. The molecule has 0 spiro atoms. The molecular formula is C12H10Br2FN3O2S. The second kappa shape index (κ2) is 6.47. The van der Waals surface area contributed by atoms with E-state index < -0.39 is 15.8 Å². The molecule has 0 saturated carbocycles. The van der Waals surface area contributed by atoms with E-state index in [2.05, 4.69) is 41.8 Å². The molecule has 0 aliphatic heterocycles. The number of hydrogen-bond acceptors (Lipinski definition) is 4. The summed E-state index contributed by atoms with van der Waals surface area (Å²) in [6, 6.07) is 2.21. The molecule has 0 fully saturated rings. The Labute approximate surface area is 138 Å². The van der Waals surface area contributed by atoms with E-state index in [0.717, 1.165) is 16.4 Å². The standard InChI is InChI=1S/C12H10Br2FN3O2S/c1-18(7-9-6-16-2-3-17-9)21(19,20)12-10(13)4-8(15)5-11(12)14/h2-6H,7H2,1H3. The van der Waals surface area contributed by atoms with Crippen LogP contribution < -0.4 is 0 Å². The molecule has 0 bridgehead atoms. The van der Waals surface area contributed by atoms with Crippen LogP contribution in [0, 0.1) is 5.82 Å². The monoisotopic (exact) mass is 437 g/mol. The second-order valence-electron chi connectivity index (χ2n) is 4.16. The highest BCUT2D eigenvalue weighted by molar-refractivity contribution is 9.11. The van der Waals surface area contributed by atoms with Gasteiger partial charge in [-0.15, -0.1) is 0 Å². The SMILES string of the molecule is CN(Cc1cnccn1)S(=O)(=O)c1c(Br)cc(F)cc1Br. The molecule has 0 amide bonds. The van der Waals surface area contributed by atoms with Crippen LogP contribution in [-0.4, -0.2) is 29.7 Å². The molecule has 0 radical (unpaired) electrons. The summed E-state index contributed by atoms with van der Waals surface area (Å²) < 4.78 is 39.9. The minimum atomic E-state index is -3.81. The molecule has 2 rings (SSSR count). The maximum absolute atomic E-state index is 13.3. The van der Waals surface area contributed by atoms with E-state index in [1.54, 1.807) is 0 Å². The van der Waals surface area contributed by atoms with E-state index in [9.17, 15) is 12.8 Å². The Kier molecular flexibility index (Phi) is 5.07. The van der Waals surface area contributed by atoms with Gasteiger partial charge >= 0.3 is 0 Å². The first-order chi connectivity index (χ1) is 9.82. The Morgan fingerprint density at radius 1 is 1.24 bits per heavy atom. The van der Waals surface area contributed by atoms with Gasteiger partial charge in [0.05, 0.1) is 12.2 Å². The van der Waals surface area contributed by atoms with Crippen molar-refractivity contribution in [1.82, 2.24) is 14.3 Å². The minimum absolute atomic E-state index is 0.0321. The van der Waals surface area contributed by atoms with Crippen LogP contribution in [0.15, 0.2) is 44.6 Å². The quantitative estimate of drug-likeness (QED) is 0.736. The van der Waals surface area contributed by atoms with Crippen molar-refractivity contribution >= 4 is 41.9 Å². The van der Waals surface area contributed by atoms with Crippen LogP contribution in [0.4, 0.5) is 4.39 Å². The lowest BCUT2D eigenvalue weighted by molar-refractivity contribution is 0.460. The smallest absolute Gasteiger partial charge is 0.245 e. The van der Waals surface area contributed by atoms with E-state index in [0.29, 0.717) is 5.69 Å². The fourth-order valence-electron chi connectivity index (χ4n) is 1.66. The van der Waals surface area contributed by atoms with Crippen LogP contribution in [0.25, 0.3) is 0 Å². The maximum atomic E-state index is 13.3. The summed E-state index contributed by atoms with van der Waals surface area (Å²) in [6.45, 7) is 0.0619. The third kappa shape index (κ3) is 3.65. The fourth-order valence-corrected chi connectivity index (χ4v) is 5.24. The van der Waals surface area contributed by atoms with Crippen molar-refractivity contribution in [3.8, 4) is 0 Å². The van der Waals surface area contributed by atoms with Crippen LogP contribution in [0.5, 0.6) is 0 Å². The van der Waals surface area contributed by atoms with Gasteiger partial charge in [0.2, 0.25) is 10.0 Å². The zero-order valence-corrected chi connectivity index (χ0v) is 14.8. The number of nitrogens with zero attached hydrogens (tertiary/aromatic N) is 3. The molecule has 0 unspecified atom stereocenters. The van der Waals surface area contributed by atoms with Crippen LogP contribution >= 0.6 is 31.9 Å². The predicted octanol–water partition coefficient (Wildman–Crippen LogP) is 2.96. The van der Waals surface area contributed by atoms with Gasteiger partial charge in [-0.05, 0) is 44.0 Å². The van der Waals surface area contributed by atoms with Gasteiger partial charge < -0.3 is 0 Å². The summed E-state index contributed by atoms with van der Waals surface area (Å²) in [5.74, 6) is -0.538. The second-order valence-corrected chi connectivity index (χ2v) is 7.85.